The van der Waals surface area contributed by atoms with Crippen LogP contribution in [0, 0.1) is 5.92 Å². The second-order valence-electron chi connectivity index (χ2n) is 8.58. The van der Waals surface area contributed by atoms with E-state index >= 15 is 0 Å². The lowest BCUT2D eigenvalue weighted by molar-refractivity contribution is 0.148. The number of hydrogen-bond donors (Lipinski definition) is 0. The first-order valence-electron chi connectivity index (χ1n) is 11.8. The third-order valence-corrected chi connectivity index (χ3v) is 6.38. The molecule has 0 aliphatic heterocycles. The highest BCUT2D eigenvalue weighted by Crippen LogP contribution is 2.38. The van der Waals surface area contributed by atoms with Crippen molar-refractivity contribution >= 4 is 0 Å². The Kier molecular flexibility index (Phi) is 9.44. The Hall–Kier alpha value is -2.12. The quantitative estimate of drug-likeness (QED) is 0.286. The Morgan fingerprint density at radius 2 is 1.50 bits per heavy atom. The van der Waals surface area contributed by atoms with Gasteiger partial charge in [0.15, 0.2) is 0 Å². The fourth-order valence-electron chi connectivity index (χ4n) is 4.50. The van der Waals surface area contributed by atoms with Crippen molar-refractivity contribution in [2.75, 3.05) is 6.61 Å². The monoisotopic (exact) mass is 402 g/mol. The summed E-state index contributed by atoms with van der Waals surface area (Å²) in [5.41, 5.74) is 5.34. The third-order valence-electron chi connectivity index (χ3n) is 6.38. The Bertz CT molecular complexity index is 774. The molecule has 3 rings (SSSR count). The molecule has 1 nitrogen and oxygen atoms in total. The SMILES string of the molecule is C/C=C/CC[C@H]1CC[C@H](c2ccc(-c3ccc(COC/C=C/CC)cc3)cc2)CC1. The van der Waals surface area contributed by atoms with Crippen LogP contribution in [0.15, 0.2) is 72.8 Å². The second kappa shape index (κ2) is 12.5. The van der Waals surface area contributed by atoms with Crippen LogP contribution in [0.3, 0.4) is 0 Å². The Morgan fingerprint density at radius 3 is 2.13 bits per heavy atom. The van der Waals surface area contributed by atoms with Gasteiger partial charge in [0.2, 0.25) is 0 Å². The van der Waals surface area contributed by atoms with Crippen molar-refractivity contribution in [2.45, 2.75) is 71.3 Å². The number of rotatable bonds is 10. The molecule has 0 unspecified atom stereocenters. The van der Waals surface area contributed by atoms with Crippen LogP contribution in [0.2, 0.25) is 0 Å². The molecule has 0 saturated heterocycles. The van der Waals surface area contributed by atoms with Crippen LogP contribution in [0.4, 0.5) is 0 Å². The zero-order chi connectivity index (χ0) is 21.0. The van der Waals surface area contributed by atoms with Gasteiger partial charge >= 0.3 is 0 Å². The highest BCUT2D eigenvalue weighted by atomic mass is 16.5. The fourth-order valence-corrected chi connectivity index (χ4v) is 4.50. The van der Waals surface area contributed by atoms with Gasteiger partial charge in [-0.15, -0.1) is 0 Å². The summed E-state index contributed by atoms with van der Waals surface area (Å²) < 4.78 is 5.69. The van der Waals surface area contributed by atoms with Crippen molar-refractivity contribution in [1.82, 2.24) is 0 Å². The van der Waals surface area contributed by atoms with Gasteiger partial charge in [-0.25, -0.2) is 0 Å². The third kappa shape index (κ3) is 6.99. The van der Waals surface area contributed by atoms with Gasteiger partial charge in [-0.05, 0) is 86.0 Å². The van der Waals surface area contributed by atoms with E-state index in [0.717, 1.165) is 18.3 Å². The molecule has 1 saturated carbocycles. The number of hydrogen-bond acceptors (Lipinski definition) is 1. The number of ether oxygens (including phenoxy) is 1. The molecule has 0 amide bonds. The van der Waals surface area contributed by atoms with Crippen LogP contribution in [-0.4, -0.2) is 6.61 Å². The molecule has 0 N–H and O–H groups in total. The van der Waals surface area contributed by atoms with Crippen LogP contribution >= 0.6 is 0 Å². The van der Waals surface area contributed by atoms with Crippen LogP contribution in [0.25, 0.3) is 11.1 Å². The van der Waals surface area contributed by atoms with Gasteiger partial charge in [0.1, 0.15) is 0 Å². The van der Waals surface area contributed by atoms with Gasteiger partial charge < -0.3 is 4.74 Å². The molecule has 1 aliphatic rings. The van der Waals surface area contributed by atoms with Crippen molar-refractivity contribution in [3.8, 4) is 11.1 Å². The average molecular weight is 403 g/mol. The van der Waals surface area contributed by atoms with E-state index in [1.54, 1.807) is 0 Å². The first-order chi connectivity index (χ1) is 14.8. The van der Waals surface area contributed by atoms with Crippen molar-refractivity contribution in [2.24, 2.45) is 5.92 Å². The smallest absolute Gasteiger partial charge is 0.0721 e. The molecule has 0 aromatic heterocycles. The molecule has 2 aromatic carbocycles. The normalized spacial score (nSPS) is 19.7. The minimum Gasteiger partial charge on any atom is -0.373 e. The molecule has 1 fully saturated rings. The topological polar surface area (TPSA) is 9.23 Å². The van der Waals surface area contributed by atoms with E-state index in [1.165, 1.54) is 60.8 Å². The molecule has 2 aromatic rings. The van der Waals surface area contributed by atoms with E-state index in [4.69, 9.17) is 4.74 Å². The van der Waals surface area contributed by atoms with E-state index in [-0.39, 0.29) is 0 Å². The minimum atomic E-state index is 0.671. The van der Waals surface area contributed by atoms with Gasteiger partial charge in [-0.2, -0.15) is 0 Å². The van der Waals surface area contributed by atoms with Gasteiger partial charge in [-0.1, -0.05) is 79.8 Å². The summed E-state index contributed by atoms with van der Waals surface area (Å²) in [6.45, 7) is 5.62. The van der Waals surface area contributed by atoms with Gasteiger partial charge in [0, 0.05) is 0 Å². The maximum Gasteiger partial charge on any atom is 0.0721 e. The van der Waals surface area contributed by atoms with E-state index < -0.39 is 0 Å². The number of benzene rings is 2. The summed E-state index contributed by atoms with van der Waals surface area (Å²) in [5, 5.41) is 0. The Balaban J connectivity index is 1.49. The van der Waals surface area contributed by atoms with Crippen LogP contribution in [-0.2, 0) is 11.3 Å². The molecule has 0 spiro atoms. The molecular weight excluding hydrogens is 364 g/mol. The summed E-state index contributed by atoms with van der Waals surface area (Å²) in [6.07, 6.45) is 17.9. The summed E-state index contributed by atoms with van der Waals surface area (Å²) in [7, 11) is 0. The van der Waals surface area contributed by atoms with E-state index in [1.807, 2.05) is 0 Å². The lowest BCUT2D eigenvalue weighted by atomic mass is 9.77. The van der Waals surface area contributed by atoms with Crippen LogP contribution in [0.1, 0.15) is 75.8 Å². The summed E-state index contributed by atoms with van der Waals surface area (Å²) in [4.78, 5) is 0. The van der Waals surface area contributed by atoms with Crippen molar-refractivity contribution < 1.29 is 4.74 Å². The molecule has 0 heterocycles. The van der Waals surface area contributed by atoms with Gasteiger partial charge in [-0.3, -0.25) is 0 Å². The molecule has 1 heteroatoms. The van der Waals surface area contributed by atoms with Gasteiger partial charge in [0.05, 0.1) is 13.2 Å². The lowest BCUT2D eigenvalue weighted by Gasteiger charge is -2.28. The van der Waals surface area contributed by atoms with Crippen molar-refractivity contribution in [1.29, 1.82) is 0 Å². The number of allylic oxidation sites excluding steroid dienone is 3. The molecule has 0 atom stereocenters. The van der Waals surface area contributed by atoms with Gasteiger partial charge in [0.25, 0.3) is 0 Å². The maximum atomic E-state index is 5.69. The first kappa shape index (κ1) is 22.6. The molecule has 1 aliphatic carbocycles. The molecular formula is C29H38O. The largest absolute Gasteiger partial charge is 0.373 e. The first-order valence-corrected chi connectivity index (χ1v) is 11.8. The van der Waals surface area contributed by atoms with Crippen LogP contribution in [0.5, 0.6) is 0 Å². The second-order valence-corrected chi connectivity index (χ2v) is 8.58. The minimum absolute atomic E-state index is 0.671. The fraction of sp³-hybridized carbons (Fsp3) is 0.448. The summed E-state index contributed by atoms with van der Waals surface area (Å²) >= 11 is 0. The molecule has 160 valence electrons. The summed E-state index contributed by atoms with van der Waals surface area (Å²) in [6, 6.07) is 18.1. The predicted molar refractivity (Wildman–Crippen MR) is 130 cm³/mol. The maximum absolute atomic E-state index is 5.69. The average Bonchev–Trinajstić information content (AvgIpc) is 2.80. The summed E-state index contributed by atoms with van der Waals surface area (Å²) in [5.74, 6) is 1.68. The molecule has 30 heavy (non-hydrogen) atoms. The molecule has 0 bridgehead atoms. The van der Waals surface area contributed by atoms with E-state index in [0.29, 0.717) is 13.2 Å². The lowest BCUT2D eigenvalue weighted by Crippen LogP contribution is -2.13. The highest BCUT2D eigenvalue weighted by Gasteiger charge is 2.21. The Labute approximate surface area is 183 Å². The molecule has 0 radical (unpaired) electrons. The highest BCUT2D eigenvalue weighted by molar-refractivity contribution is 5.64. The Morgan fingerprint density at radius 1 is 0.833 bits per heavy atom. The standard InChI is InChI=1S/C29H38O/c1-3-5-7-9-24-10-14-26(15-11-24)28-18-20-29(21-19-28)27-16-12-25(13-17-27)23-30-22-8-6-4-2/h3,5-6,8,12-13,16-21,24,26H,4,7,9-11,14-15,22-23H2,1-2H3/b5-3+,8-6+/t24-,26-. The predicted octanol–water partition coefficient (Wildman–Crippen LogP) is 8.47. The van der Waals surface area contributed by atoms with Crippen molar-refractivity contribution in [3.05, 3.63) is 84.0 Å². The van der Waals surface area contributed by atoms with Crippen LogP contribution < -0.4 is 0 Å². The zero-order valence-electron chi connectivity index (χ0n) is 18.9. The van der Waals surface area contributed by atoms with Crippen molar-refractivity contribution in [3.63, 3.8) is 0 Å². The zero-order valence-corrected chi connectivity index (χ0v) is 18.9. The van der Waals surface area contributed by atoms with E-state index in [9.17, 15) is 0 Å². The van der Waals surface area contributed by atoms with E-state index in [2.05, 4.69) is 86.7 Å².